The summed E-state index contributed by atoms with van der Waals surface area (Å²) in [6.07, 6.45) is 6.20. The Bertz CT molecular complexity index is 612. The van der Waals surface area contributed by atoms with E-state index in [1.165, 1.54) is 30.5 Å². The van der Waals surface area contributed by atoms with E-state index in [0.29, 0.717) is 6.04 Å². The van der Waals surface area contributed by atoms with Gasteiger partial charge in [0, 0.05) is 17.8 Å². The normalized spacial score (nSPS) is 18.9. The molecule has 0 spiro atoms. The second-order valence-electron chi connectivity index (χ2n) is 5.81. The Balaban J connectivity index is 1.73. The van der Waals surface area contributed by atoms with Crippen LogP contribution in [-0.2, 0) is 0 Å². The van der Waals surface area contributed by atoms with Crippen LogP contribution in [0.5, 0.6) is 5.75 Å². The quantitative estimate of drug-likeness (QED) is 0.858. The maximum absolute atomic E-state index is 5.96. The first-order valence-corrected chi connectivity index (χ1v) is 7.58. The van der Waals surface area contributed by atoms with Crippen molar-refractivity contribution in [2.24, 2.45) is 0 Å². The van der Waals surface area contributed by atoms with E-state index < -0.39 is 0 Å². The zero-order valence-corrected chi connectivity index (χ0v) is 12.7. The molecule has 3 rings (SSSR count). The van der Waals surface area contributed by atoms with Crippen molar-refractivity contribution in [2.45, 2.75) is 25.8 Å². The third-order valence-electron chi connectivity index (χ3n) is 4.28. The molecule has 1 atom stereocenters. The smallest absolute Gasteiger partial charge is 0.138 e. The van der Waals surface area contributed by atoms with E-state index in [1.807, 2.05) is 6.20 Å². The molecule has 0 aliphatic carbocycles. The predicted octanol–water partition coefficient (Wildman–Crippen LogP) is 3.53. The van der Waals surface area contributed by atoms with E-state index in [0.717, 1.165) is 17.9 Å². The minimum Gasteiger partial charge on any atom is -0.490 e. The van der Waals surface area contributed by atoms with Gasteiger partial charge in [-0.15, -0.1) is 0 Å². The topological polar surface area (TPSA) is 25.4 Å². The molecule has 110 valence electrons. The fraction of sp³-hybridized carbons (Fsp3) is 0.389. The molecule has 1 aromatic heterocycles. The third kappa shape index (κ3) is 3.24. The van der Waals surface area contributed by atoms with Crippen molar-refractivity contribution >= 4 is 0 Å². The van der Waals surface area contributed by atoms with Crippen LogP contribution >= 0.6 is 0 Å². The fourth-order valence-electron chi connectivity index (χ4n) is 2.92. The van der Waals surface area contributed by atoms with Gasteiger partial charge in [-0.2, -0.15) is 0 Å². The van der Waals surface area contributed by atoms with E-state index >= 15 is 0 Å². The molecule has 1 aromatic carbocycles. The number of likely N-dealkylation sites (tertiary alicyclic amines) is 1. The Hall–Kier alpha value is -1.87. The molecule has 3 heteroatoms. The second-order valence-corrected chi connectivity index (χ2v) is 5.81. The molecule has 0 amide bonds. The van der Waals surface area contributed by atoms with Crippen molar-refractivity contribution in [3.05, 3.63) is 48.3 Å². The summed E-state index contributed by atoms with van der Waals surface area (Å²) in [5.74, 6) is 0.857. The molecular weight excluding hydrogens is 260 g/mol. The SMILES string of the molecule is Cc1ccccc1-c1cncc(OC[C@@H]2CCCN2C)c1. The summed E-state index contributed by atoms with van der Waals surface area (Å²) in [5, 5.41) is 0. The van der Waals surface area contributed by atoms with Crippen molar-refractivity contribution in [1.29, 1.82) is 0 Å². The number of hydrogen-bond donors (Lipinski definition) is 0. The lowest BCUT2D eigenvalue weighted by Crippen LogP contribution is -2.30. The Morgan fingerprint density at radius 3 is 2.90 bits per heavy atom. The number of ether oxygens (including phenoxy) is 1. The molecule has 0 radical (unpaired) electrons. The first-order chi connectivity index (χ1) is 10.2. The Kier molecular flexibility index (Phi) is 4.20. The molecule has 2 heterocycles. The van der Waals surface area contributed by atoms with Gasteiger partial charge < -0.3 is 9.64 Å². The Morgan fingerprint density at radius 1 is 1.29 bits per heavy atom. The van der Waals surface area contributed by atoms with Crippen LogP contribution in [-0.4, -0.2) is 36.1 Å². The Labute approximate surface area is 126 Å². The molecule has 3 nitrogen and oxygen atoms in total. The standard InChI is InChI=1S/C18H22N2O/c1-14-6-3-4-8-18(14)15-10-17(12-19-11-15)21-13-16-7-5-9-20(16)2/h3-4,6,8,10-12,16H,5,7,9,13H2,1-2H3/t16-/m0/s1. The van der Waals surface area contributed by atoms with Crippen LogP contribution < -0.4 is 4.74 Å². The maximum Gasteiger partial charge on any atom is 0.138 e. The lowest BCUT2D eigenvalue weighted by atomic mass is 10.0. The van der Waals surface area contributed by atoms with Crippen molar-refractivity contribution < 1.29 is 4.74 Å². The lowest BCUT2D eigenvalue weighted by molar-refractivity contribution is 0.198. The molecule has 0 bridgehead atoms. The highest BCUT2D eigenvalue weighted by atomic mass is 16.5. The fourth-order valence-corrected chi connectivity index (χ4v) is 2.92. The number of aryl methyl sites for hydroxylation is 1. The van der Waals surface area contributed by atoms with E-state index in [9.17, 15) is 0 Å². The van der Waals surface area contributed by atoms with Gasteiger partial charge >= 0.3 is 0 Å². The highest BCUT2D eigenvalue weighted by molar-refractivity contribution is 5.67. The summed E-state index contributed by atoms with van der Waals surface area (Å²) in [5.41, 5.74) is 3.59. The monoisotopic (exact) mass is 282 g/mol. The molecule has 0 N–H and O–H groups in total. The summed E-state index contributed by atoms with van der Waals surface area (Å²) in [6, 6.07) is 11.0. The number of pyridine rings is 1. The van der Waals surface area contributed by atoms with Gasteiger partial charge in [0.2, 0.25) is 0 Å². The molecule has 1 saturated heterocycles. The van der Waals surface area contributed by atoms with Crippen LogP contribution in [0.3, 0.4) is 0 Å². The first-order valence-electron chi connectivity index (χ1n) is 7.58. The van der Waals surface area contributed by atoms with Gasteiger partial charge in [0.05, 0.1) is 6.20 Å². The molecule has 2 aromatic rings. The zero-order valence-electron chi connectivity index (χ0n) is 12.7. The molecule has 1 aliphatic heterocycles. The van der Waals surface area contributed by atoms with Gasteiger partial charge in [0.1, 0.15) is 12.4 Å². The van der Waals surface area contributed by atoms with Crippen LogP contribution in [0.2, 0.25) is 0 Å². The molecule has 0 saturated carbocycles. The molecule has 1 aliphatic rings. The zero-order chi connectivity index (χ0) is 14.7. The van der Waals surface area contributed by atoms with Gasteiger partial charge in [0.25, 0.3) is 0 Å². The van der Waals surface area contributed by atoms with Crippen molar-refractivity contribution in [3.8, 4) is 16.9 Å². The summed E-state index contributed by atoms with van der Waals surface area (Å²) < 4.78 is 5.96. The highest BCUT2D eigenvalue weighted by Gasteiger charge is 2.21. The number of likely N-dealkylation sites (N-methyl/N-ethyl adjacent to an activating group) is 1. The summed E-state index contributed by atoms with van der Waals surface area (Å²) in [6.45, 7) is 4.04. The lowest BCUT2D eigenvalue weighted by Gasteiger charge is -2.19. The third-order valence-corrected chi connectivity index (χ3v) is 4.28. The minimum atomic E-state index is 0.534. The van der Waals surface area contributed by atoms with Crippen LogP contribution in [0.25, 0.3) is 11.1 Å². The van der Waals surface area contributed by atoms with Crippen LogP contribution in [0.1, 0.15) is 18.4 Å². The van der Waals surface area contributed by atoms with Crippen molar-refractivity contribution in [3.63, 3.8) is 0 Å². The largest absolute Gasteiger partial charge is 0.490 e. The van der Waals surface area contributed by atoms with Crippen molar-refractivity contribution in [1.82, 2.24) is 9.88 Å². The van der Waals surface area contributed by atoms with Gasteiger partial charge in [-0.05, 0) is 50.6 Å². The van der Waals surface area contributed by atoms with E-state index in [4.69, 9.17) is 4.74 Å². The maximum atomic E-state index is 5.96. The summed E-state index contributed by atoms with van der Waals surface area (Å²) in [4.78, 5) is 6.70. The molecular formula is C18H22N2O. The molecule has 0 unspecified atom stereocenters. The first kappa shape index (κ1) is 14.1. The average molecular weight is 282 g/mol. The van der Waals surface area contributed by atoms with Crippen LogP contribution in [0.15, 0.2) is 42.7 Å². The minimum absolute atomic E-state index is 0.534. The number of rotatable bonds is 4. The van der Waals surface area contributed by atoms with Crippen molar-refractivity contribution in [2.75, 3.05) is 20.2 Å². The van der Waals surface area contributed by atoms with Gasteiger partial charge in [-0.1, -0.05) is 24.3 Å². The van der Waals surface area contributed by atoms with Gasteiger partial charge in [-0.3, -0.25) is 4.98 Å². The summed E-state index contributed by atoms with van der Waals surface area (Å²) >= 11 is 0. The summed E-state index contributed by atoms with van der Waals surface area (Å²) in [7, 11) is 2.17. The second kappa shape index (κ2) is 6.27. The molecule has 1 fully saturated rings. The van der Waals surface area contributed by atoms with Crippen LogP contribution in [0.4, 0.5) is 0 Å². The average Bonchev–Trinajstić information content (AvgIpc) is 2.91. The number of nitrogens with zero attached hydrogens (tertiary/aromatic N) is 2. The van der Waals surface area contributed by atoms with E-state index in [1.54, 1.807) is 6.20 Å². The predicted molar refractivity (Wildman–Crippen MR) is 85.6 cm³/mol. The van der Waals surface area contributed by atoms with Crippen LogP contribution in [0, 0.1) is 6.92 Å². The Morgan fingerprint density at radius 2 is 2.14 bits per heavy atom. The van der Waals surface area contributed by atoms with E-state index in [2.05, 4.69) is 54.2 Å². The van der Waals surface area contributed by atoms with Gasteiger partial charge in [-0.25, -0.2) is 0 Å². The van der Waals surface area contributed by atoms with E-state index in [-0.39, 0.29) is 0 Å². The highest BCUT2D eigenvalue weighted by Crippen LogP contribution is 2.26. The number of aromatic nitrogens is 1. The molecule has 21 heavy (non-hydrogen) atoms. The number of hydrogen-bond acceptors (Lipinski definition) is 3. The van der Waals surface area contributed by atoms with Gasteiger partial charge in [0.15, 0.2) is 0 Å². The number of benzene rings is 1.